The van der Waals surface area contributed by atoms with Crippen molar-refractivity contribution in [3.05, 3.63) is 101 Å². The summed E-state index contributed by atoms with van der Waals surface area (Å²) in [6, 6.07) is 26.9. The van der Waals surface area contributed by atoms with Gasteiger partial charge in [-0.2, -0.15) is 0 Å². The summed E-state index contributed by atoms with van der Waals surface area (Å²) in [5.74, 6) is 0.918. The van der Waals surface area contributed by atoms with Crippen LogP contribution < -0.4 is 4.74 Å². The maximum absolute atomic E-state index is 5.62. The normalized spacial score (nSPS) is 17.1. The van der Waals surface area contributed by atoms with Crippen molar-refractivity contribution in [2.24, 2.45) is 0 Å². The van der Waals surface area contributed by atoms with Crippen LogP contribution in [0, 0.1) is 6.92 Å². The summed E-state index contributed by atoms with van der Waals surface area (Å²) in [4.78, 5) is 2.65. The minimum absolute atomic E-state index is 0.918. The SMILES string of the molecule is COc1ccc2c(c1)C(=C1CCCc3ccc4cc(C)ccc4c31)c1ccccc1S2. The first-order valence-electron chi connectivity index (χ1n) is 10.9. The van der Waals surface area contributed by atoms with Crippen LogP contribution in [-0.2, 0) is 6.42 Å². The van der Waals surface area contributed by atoms with Crippen molar-refractivity contribution >= 4 is 33.7 Å². The Morgan fingerprint density at radius 3 is 2.58 bits per heavy atom. The van der Waals surface area contributed by atoms with E-state index in [0.29, 0.717) is 0 Å². The van der Waals surface area contributed by atoms with Gasteiger partial charge in [0.05, 0.1) is 7.11 Å². The number of benzene rings is 4. The zero-order valence-corrected chi connectivity index (χ0v) is 18.7. The molecule has 1 aliphatic heterocycles. The second kappa shape index (κ2) is 7.32. The number of rotatable bonds is 1. The average molecular weight is 421 g/mol. The smallest absolute Gasteiger partial charge is 0.119 e. The van der Waals surface area contributed by atoms with Crippen molar-refractivity contribution in [1.82, 2.24) is 0 Å². The molecule has 4 aromatic carbocycles. The Labute approximate surface area is 187 Å². The molecular weight excluding hydrogens is 396 g/mol. The minimum atomic E-state index is 0.918. The van der Waals surface area contributed by atoms with Crippen LogP contribution in [0.4, 0.5) is 0 Å². The number of aryl methyl sites for hydroxylation is 2. The summed E-state index contributed by atoms with van der Waals surface area (Å²) >= 11 is 1.87. The Morgan fingerprint density at radius 1 is 0.806 bits per heavy atom. The third kappa shape index (κ3) is 3.01. The highest BCUT2D eigenvalue weighted by molar-refractivity contribution is 7.99. The van der Waals surface area contributed by atoms with Gasteiger partial charge in [-0.15, -0.1) is 0 Å². The molecule has 152 valence electrons. The monoisotopic (exact) mass is 420 g/mol. The zero-order chi connectivity index (χ0) is 20.9. The summed E-state index contributed by atoms with van der Waals surface area (Å²) in [5, 5.41) is 2.72. The van der Waals surface area contributed by atoms with Crippen molar-refractivity contribution in [3.63, 3.8) is 0 Å². The highest BCUT2D eigenvalue weighted by atomic mass is 32.2. The molecular formula is C29H24OS. The van der Waals surface area contributed by atoms with Gasteiger partial charge in [0, 0.05) is 15.4 Å². The van der Waals surface area contributed by atoms with E-state index in [-0.39, 0.29) is 0 Å². The Balaban J connectivity index is 1.73. The number of hydrogen-bond acceptors (Lipinski definition) is 2. The molecule has 0 spiro atoms. The predicted octanol–water partition coefficient (Wildman–Crippen LogP) is 7.92. The van der Waals surface area contributed by atoms with Crippen molar-refractivity contribution in [3.8, 4) is 5.75 Å². The van der Waals surface area contributed by atoms with Crippen molar-refractivity contribution in [2.45, 2.75) is 36.0 Å². The number of fused-ring (bicyclic) bond motifs is 5. The van der Waals surface area contributed by atoms with E-state index < -0.39 is 0 Å². The lowest BCUT2D eigenvalue weighted by atomic mass is 9.78. The molecule has 2 aliphatic rings. The maximum Gasteiger partial charge on any atom is 0.119 e. The quantitative estimate of drug-likeness (QED) is 0.272. The van der Waals surface area contributed by atoms with Crippen molar-refractivity contribution in [1.29, 1.82) is 0 Å². The number of hydrogen-bond donors (Lipinski definition) is 0. The van der Waals surface area contributed by atoms with Gasteiger partial charge in [-0.3, -0.25) is 0 Å². The van der Waals surface area contributed by atoms with Gasteiger partial charge in [0.2, 0.25) is 0 Å². The van der Waals surface area contributed by atoms with Crippen molar-refractivity contribution < 1.29 is 4.74 Å². The molecule has 0 fully saturated rings. The van der Waals surface area contributed by atoms with E-state index in [1.807, 2.05) is 11.8 Å². The largest absolute Gasteiger partial charge is 0.497 e. The fourth-order valence-corrected chi connectivity index (χ4v) is 6.23. The molecule has 6 rings (SSSR count). The van der Waals surface area contributed by atoms with Crippen LogP contribution in [0.1, 0.15) is 40.7 Å². The van der Waals surface area contributed by atoms with E-state index in [1.165, 1.54) is 65.9 Å². The molecule has 0 N–H and O–H groups in total. The number of methoxy groups -OCH3 is 1. The van der Waals surface area contributed by atoms with Gasteiger partial charge in [-0.05, 0) is 89.1 Å². The summed E-state index contributed by atoms with van der Waals surface area (Å²) in [5.41, 5.74) is 9.76. The fraction of sp³-hybridized carbons (Fsp3) is 0.172. The Bertz CT molecular complexity index is 1380. The number of ether oxygens (including phenoxy) is 1. The molecule has 4 aromatic rings. The molecule has 1 heterocycles. The van der Waals surface area contributed by atoms with Crippen LogP contribution in [0.5, 0.6) is 5.75 Å². The summed E-state index contributed by atoms with van der Waals surface area (Å²) < 4.78 is 5.62. The van der Waals surface area contributed by atoms with Crippen LogP contribution in [0.25, 0.3) is 21.9 Å². The molecule has 0 saturated heterocycles. The lowest BCUT2D eigenvalue weighted by molar-refractivity contribution is 0.414. The van der Waals surface area contributed by atoms with E-state index in [0.717, 1.165) is 18.6 Å². The van der Waals surface area contributed by atoms with Crippen LogP contribution in [0.2, 0.25) is 0 Å². The van der Waals surface area contributed by atoms with Crippen LogP contribution in [0.15, 0.2) is 82.6 Å². The van der Waals surface area contributed by atoms with Gasteiger partial charge >= 0.3 is 0 Å². The van der Waals surface area contributed by atoms with Gasteiger partial charge in [-0.25, -0.2) is 0 Å². The third-order valence-electron chi connectivity index (χ3n) is 6.57. The van der Waals surface area contributed by atoms with Gasteiger partial charge < -0.3 is 4.74 Å². The lowest BCUT2D eigenvalue weighted by Crippen LogP contribution is -2.08. The molecule has 0 unspecified atom stereocenters. The Hall–Kier alpha value is -2.97. The maximum atomic E-state index is 5.62. The van der Waals surface area contributed by atoms with Crippen LogP contribution >= 0.6 is 11.8 Å². The molecule has 0 aromatic heterocycles. The van der Waals surface area contributed by atoms with Crippen LogP contribution in [0.3, 0.4) is 0 Å². The summed E-state index contributed by atoms with van der Waals surface area (Å²) in [6.07, 6.45) is 3.44. The first-order chi connectivity index (χ1) is 15.2. The predicted molar refractivity (Wildman–Crippen MR) is 131 cm³/mol. The standard InChI is InChI=1S/C29H24OS/c1-18-10-14-22-20(16-18)12-11-19-6-5-8-24(28(19)22)29-23-7-3-4-9-26(23)31-27-15-13-21(30-2)17-25(27)29/h3-4,7,9-17H,5-6,8H2,1-2H3. The highest BCUT2D eigenvalue weighted by Crippen LogP contribution is 2.51. The molecule has 0 bridgehead atoms. The molecule has 2 heteroatoms. The Morgan fingerprint density at radius 2 is 1.68 bits per heavy atom. The molecule has 0 amide bonds. The van der Waals surface area contributed by atoms with E-state index in [9.17, 15) is 0 Å². The molecule has 1 nitrogen and oxygen atoms in total. The average Bonchev–Trinajstić information content (AvgIpc) is 2.81. The fourth-order valence-electron chi connectivity index (χ4n) is 5.16. The third-order valence-corrected chi connectivity index (χ3v) is 7.72. The molecule has 31 heavy (non-hydrogen) atoms. The highest BCUT2D eigenvalue weighted by Gasteiger charge is 2.28. The van der Waals surface area contributed by atoms with Gasteiger partial charge in [0.1, 0.15) is 5.75 Å². The lowest BCUT2D eigenvalue weighted by Gasteiger charge is -2.29. The first kappa shape index (κ1) is 18.8. The Kier molecular flexibility index (Phi) is 4.43. The molecule has 0 radical (unpaired) electrons. The van der Waals surface area contributed by atoms with E-state index >= 15 is 0 Å². The molecule has 0 atom stereocenters. The minimum Gasteiger partial charge on any atom is -0.497 e. The zero-order valence-electron chi connectivity index (χ0n) is 17.9. The van der Waals surface area contributed by atoms with Gasteiger partial charge in [0.15, 0.2) is 0 Å². The van der Waals surface area contributed by atoms with Crippen molar-refractivity contribution in [2.75, 3.05) is 7.11 Å². The second-order valence-electron chi connectivity index (χ2n) is 8.49. The van der Waals surface area contributed by atoms with E-state index in [2.05, 4.69) is 79.7 Å². The number of allylic oxidation sites excluding steroid dienone is 1. The topological polar surface area (TPSA) is 9.23 Å². The molecule has 0 saturated carbocycles. The van der Waals surface area contributed by atoms with Crippen LogP contribution in [-0.4, -0.2) is 7.11 Å². The summed E-state index contributed by atoms with van der Waals surface area (Å²) in [7, 11) is 1.75. The van der Waals surface area contributed by atoms with Gasteiger partial charge in [0.25, 0.3) is 0 Å². The molecule has 1 aliphatic carbocycles. The first-order valence-corrected chi connectivity index (χ1v) is 11.8. The van der Waals surface area contributed by atoms with E-state index in [1.54, 1.807) is 7.11 Å². The second-order valence-corrected chi connectivity index (χ2v) is 9.58. The van der Waals surface area contributed by atoms with Gasteiger partial charge in [-0.1, -0.05) is 65.9 Å². The summed E-state index contributed by atoms with van der Waals surface area (Å²) in [6.45, 7) is 2.18. The van der Waals surface area contributed by atoms with E-state index in [4.69, 9.17) is 4.74 Å².